The summed E-state index contributed by atoms with van der Waals surface area (Å²) in [5.74, 6) is 1.36. The summed E-state index contributed by atoms with van der Waals surface area (Å²) in [4.78, 5) is 18.9. The van der Waals surface area contributed by atoms with Gasteiger partial charge in [-0.3, -0.25) is 9.78 Å². The van der Waals surface area contributed by atoms with Crippen LogP contribution in [0.2, 0.25) is 0 Å². The van der Waals surface area contributed by atoms with Crippen molar-refractivity contribution in [3.05, 3.63) is 71.1 Å². The first-order chi connectivity index (χ1) is 12.5. The molecule has 0 aliphatic heterocycles. The molecule has 0 atom stereocenters. The van der Waals surface area contributed by atoms with E-state index in [1.54, 1.807) is 38.6 Å². The third-order valence-electron chi connectivity index (χ3n) is 4.31. The molecule has 5 heteroatoms. The number of methoxy groups -OCH3 is 2. The summed E-state index contributed by atoms with van der Waals surface area (Å²) in [6.07, 6.45) is 3.46. The zero-order chi connectivity index (χ0) is 18.8. The average Bonchev–Trinajstić information content (AvgIpc) is 2.64. The van der Waals surface area contributed by atoms with Crippen molar-refractivity contribution in [2.75, 3.05) is 28.3 Å². The van der Waals surface area contributed by atoms with Gasteiger partial charge in [-0.25, -0.2) is 0 Å². The van der Waals surface area contributed by atoms with Crippen LogP contribution in [0.1, 0.15) is 27.2 Å². The summed E-state index contributed by atoms with van der Waals surface area (Å²) in [6, 6.07) is 7.44. The van der Waals surface area contributed by atoms with E-state index in [1.165, 1.54) is 0 Å². The number of pyridine rings is 1. The number of hydrogen-bond acceptors (Lipinski definition) is 5. The van der Waals surface area contributed by atoms with Crippen molar-refractivity contribution >= 4 is 11.4 Å². The van der Waals surface area contributed by atoms with Crippen LogP contribution in [-0.4, -0.2) is 44.0 Å². The molecule has 0 fully saturated rings. The Kier molecular flexibility index (Phi) is 4.91. The second kappa shape index (κ2) is 7.14. The summed E-state index contributed by atoms with van der Waals surface area (Å²) in [5.41, 5.74) is 4.32. The molecule has 1 aliphatic rings. The van der Waals surface area contributed by atoms with Gasteiger partial charge in [0.15, 0.2) is 5.78 Å². The number of aromatic nitrogens is 1. The minimum atomic E-state index is -0.0972. The molecule has 0 spiro atoms. The van der Waals surface area contributed by atoms with Crippen molar-refractivity contribution in [1.29, 1.82) is 0 Å². The maximum Gasteiger partial charge on any atom is 0.194 e. The first kappa shape index (κ1) is 17.9. The van der Waals surface area contributed by atoms with E-state index in [4.69, 9.17) is 9.47 Å². The predicted molar refractivity (Wildman–Crippen MR) is 102 cm³/mol. The minimum Gasteiger partial charge on any atom is -0.496 e. The van der Waals surface area contributed by atoms with Crippen molar-refractivity contribution < 1.29 is 14.3 Å². The molecule has 134 valence electrons. The summed E-state index contributed by atoms with van der Waals surface area (Å²) in [6.45, 7) is 4.58. The van der Waals surface area contributed by atoms with Gasteiger partial charge in [0.25, 0.3) is 0 Å². The van der Waals surface area contributed by atoms with Gasteiger partial charge in [0.2, 0.25) is 0 Å². The summed E-state index contributed by atoms with van der Waals surface area (Å²) >= 11 is 0. The lowest BCUT2D eigenvalue weighted by molar-refractivity contribution is 0.103. The number of benzene rings is 1. The molecule has 0 saturated carbocycles. The molecular weight excluding hydrogens is 328 g/mol. The van der Waals surface area contributed by atoms with Crippen molar-refractivity contribution in [3.8, 4) is 11.5 Å². The quantitative estimate of drug-likeness (QED) is 0.774. The van der Waals surface area contributed by atoms with Gasteiger partial charge in [0, 0.05) is 29.5 Å². The molecule has 0 radical (unpaired) electrons. The Balaban J connectivity index is 2.19. The Morgan fingerprint density at radius 1 is 1.15 bits per heavy atom. The van der Waals surface area contributed by atoms with Crippen LogP contribution in [-0.2, 0) is 6.54 Å². The van der Waals surface area contributed by atoms with Gasteiger partial charge >= 0.3 is 0 Å². The Hall–Kier alpha value is -2.92. The molecule has 0 bridgehead atoms. The van der Waals surface area contributed by atoms with Crippen molar-refractivity contribution in [2.45, 2.75) is 6.54 Å². The van der Waals surface area contributed by atoms with E-state index < -0.39 is 0 Å². The lowest BCUT2D eigenvalue weighted by Gasteiger charge is -2.21. The Labute approximate surface area is 153 Å². The van der Waals surface area contributed by atoms with E-state index >= 15 is 0 Å². The lowest BCUT2D eigenvalue weighted by Crippen LogP contribution is -2.14. The molecule has 3 rings (SSSR count). The number of nitrogens with zero attached hydrogens (tertiary/aromatic N) is 2. The first-order valence-corrected chi connectivity index (χ1v) is 8.27. The normalized spacial score (nSPS) is 13.5. The van der Waals surface area contributed by atoms with Crippen LogP contribution < -0.4 is 9.47 Å². The number of ether oxygens (including phenoxy) is 2. The topological polar surface area (TPSA) is 51.7 Å². The molecule has 0 amide bonds. The van der Waals surface area contributed by atoms with Crippen LogP contribution in [0, 0.1) is 0 Å². The van der Waals surface area contributed by atoms with Crippen molar-refractivity contribution in [3.63, 3.8) is 0 Å². The fourth-order valence-corrected chi connectivity index (χ4v) is 3.12. The van der Waals surface area contributed by atoms with Crippen molar-refractivity contribution in [1.82, 2.24) is 9.88 Å². The highest BCUT2D eigenvalue weighted by atomic mass is 16.5. The Bertz CT molecular complexity index is 888. The molecule has 0 saturated heterocycles. The van der Waals surface area contributed by atoms with E-state index in [0.717, 1.165) is 28.2 Å². The zero-order valence-corrected chi connectivity index (χ0v) is 15.5. The summed E-state index contributed by atoms with van der Waals surface area (Å²) in [7, 11) is 7.27. The highest BCUT2D eigenvalue weighted by Crippen LogP contribution is 2.38. The Morgan fingerprint density at radius 3 is 2.38 bits per heavy atom. The smallest absolute Gasteiger partial charge is 0.194 e. The first-order valence-electron chi connectivity index (χ1n) is 8.27. The standard InChI is InChI=1S/C21H22N2O3/c1-13-9-16(20-15(21(13)24)7-6-8-22-20)14-10-18(25-4)17(12-23(2)3)19(11-14)26-5/h6-11H,1,12H2,2-5H3. The van der Waals surface area contributed by atoms with E-state index in [9.17, 15) is 4.79 Å². The second-order valence-corrected chi connectivity index (χ2v) is 6.41. The van der Waals surface area contributed by atoms with E-state index in [-0.39, 0.29) is 5.78 Å². The Morgan fingerprint density at radius 2 is 1.81 bits per heavy atom. The number of allylic oxidation sites excluding steroid dienone is 2. The van der Waals surface area contributed by atoms with Gasteiger partial charge in [-0.2, -0.15) is 0 Å². The van der Waals surface area contributed by atoms with Gasteiger partial charge in [-0.15, -0.1) is 0 Å². The third kappa shape index (κ3) is 3.13. The maximum absolute atomic E-state index is 12.4. The molecule has 1 heterocycles. The monoisotopic (exact) mass is 350 g/mol. The molecular formula is C21H22N2O3. The van der Waals surface area contributed by atoms with Gasteiger partial charge in [0.05, 0.1) is 25.5 Å². The van der Waals surface area contributed by atoms with Gasteiger partial charge in [-0.05, 0) is 50.0 Å². The molecule has 1 aromatic heterocycles. The number of fused-ring (bicyclic) bond motifs is 1. The fourth-order valence-electron chi connectivity index (χ4n) is 3.12. The molecule has 1 aromatic carbocycles. The van der Waals surface area contributed by atoms with Crippen LogP contribution in [0.4, 0.5) is 0 Å². The minimum absolute atomic E-state index is 0.0972. The van der Waals surface area contributed by atoms with Crippen LogP contribution in [0.15, 0.2) is 48.7 Å². The van der Waals surface area contributed by atoms with E-state index in [1.807, 2.05) is 26.2 Å². The van der Waals surface area contributed by atoms with Gasteiger partial charge in [-0.1, -0.05) is 6.58 Å². The van der Waals surface area contributed by atoms with Crippen LogP contribution in [0.25, 0.3) is 5.57 Å². The molecule has 0 unspecified atom stereocenters. The third-order valence-corrected chi connectivity index (χ3v) is 4.31. The average molecular weight is 350 g/mol. The number of rotatable bonds is 5. The SMILES string of the molecule is C=C1C=C(c2cc(OC)c(CN(C)C)c(OC)c2)c2ncccc2C1=O. The number of hydrogen-bond donors (Lipinski definition) is 0. The molecule has 1 aliphatic carbocycles. The lowest BCUT2D eigenvalue weighted by atomic mass is 9.87. The van der Waals surface area contributed by atoms with E-state index in [0.29, 0.717) is 23.4 Å². The molecule has 5 nitrogen and oxygen atoms in total. The fraction of sp³-hybridized carbons (Fsp3) is 0.238. The largest absolute Gasteiger partial charge is 0.496 e. The highest BCUT2D eigenvalue weighted by molar-refractivity contribution is 6.17. The number of Topliss-reactive ketones (excluding diaryl/α,β-unsaturated/α-hetero) is 1. The summed E-state index contributed by atoms with van der Waals surface area (Å²) < 4.78 is 11.2. The van der Waals surface area contributed by atoms with E-state index in [2.05, 4.69) is 16.5 Å². The number of ketones is 1. The van der Waals surface area contributed by atoms with Crippen LogP contribution in [0.5, 0.6) is 11.5 Å². The van der Waals surface area contributed by atoms with Gasteiger partial charge in [0.1, 0.15) is 11.5 Å². The van der Waals surface area contributed by atoms with Crippen LogP contribution in [0.3, 0.4) is 0 Å². The molecule has 26 heavy (non-hydrogen) atoms. The number of carbonyl (C=O) groups is 1. The van der Waals surface area contributed by atoms with Crippen molar-refractivity contribution in [2.24, 2.45) is 0 Å². The van der Waals surface area contributed by atoms with Gasteiger partial charge < -0.3 is 14.4 Å². The molecule has 2 aromatic rings. The van der Waals surface area contributed by atoms with Crippen LogP contribution >= 0.6 is 0 Å². The summed E-state index contributed by atoms with van der Waals surface area (Å²) in [5, 5.41) is 0. The zero-order valence-electron chi connectivity index (χ0n) is 15.5. The molecule has 0 N–H and O–H groups in total. The predicted octanol–water partition coefficient (Wildman–Crippen LogP) is 3.34. The highest BCUT2D eigenvalue weighted by Gasteiger charge is 2.25. The number of carbonyl (C=O) groups excluding carboxylic acids is 1. The second-order valence-electron chi connectivity index (χ2n) is 6.41. The maximum atomic E-state index is 12.4.